The number of sulfonamides is 1. The number of ketones is 1. The second-order valence-corrected chi connectivity index (χ2v) is 7.02. The minimum atomic E-state index is -3.38. The number of carbonyl (C=O) groups is 1. The standard InChI is InChI=1S/C14H15NO3S/c1-19(17,18)15-10-4-8-14(15)9-7-11-5-2-3-6-12(11)13(14)16/h2-3,5-7,9H,4,8,10H2,1H3/t14-/m1/s1. The molecule has 0 N–H and O–H groups in total. The van der Waals surface area contributed by atoms with Gasteiger partial charge >= 0.3 is 0 Å². The first-order valence-corrected chi connectivity index (χ1v) is 8.11. The summed E-state index contributed by atoms with van der Waals surface area (Å²) in [6, 6.07) is 7.32. The Kier molecular flexibility index (Phi) is 2.66. The molecule has 0 radical (unpaired) electrons. The van der Waals surface area contributed by atoms with E-state index in [0.717, 1.165) is 5.56 Å². The lowest BCUT2D eigenvalue weighted by Gasteiger charge is -2.35. The molecule has 1 aromatic carbocycles. The summed E-state index contributed by atoms with van der Waals surface area (Å²) in [7, 11) is -3.38. The predicted molar refractivity (Wildman–Crippen MR) is 73.3 cm³/mol. The molecule has 0 unspecified atom stereocenters. The first-order valence-electron chi connectivity index (χ1n) is 6.26. The largest absolute Gasteiger partial charge is 0.292 e. The average molecular weight is 277 g/mol. The summed E-state index contributed by atoms with van der Waals surface area (Å²) >= 11 is 0. The van der Waals surface area contributed by atoms with Crippen LogP contribution in [0.15, 0.2) is 30.3 Å². The molecule has 3 rings (SSSR count). The van der Waals surface area contributed by atoms with Crippen LogP contribution in [0.3, 0.4) is 0 Å². The van der Waals surface area contributed by atoms with E-state index in [9.17, 15) is 13.2 Å². The highest BCUT2D eigenvalue weighted by molar-refractivity contribution is 7.88. The maximum Gasteiger partial charge on any atom is 0.212 e. The Balaban J connectivity index is 2.16. The number of nitrogens with zero attached hydrogens (tertiary/aromatic N) is 1. The predicted octanol–water partition coefficient (Wildman–Crippen LogP) is 1.69. The van der Waals surface area contributed by atoms with Crippen molar-refractivity contribution in [3.63, 3.8) is 0 Å². The van der Waals surface area contributed by atoms with Gasteiger partial charge in [-0.25, -0.2) is 8.42 Å². The molecule has 0 aromatic heterocycles. The molecule has 5 heteroatoms. The molecule has 1 aromatic rings. The van der Waals surface area contributed by atoms with Crippen molar-refractivity contribution in [3.05, 3.63) is 41.5 Å². The van der Waals surface area contributed by atoms with Gasteiger partial charge in [-0.05, 0) is 18.4 Å². The molecule has 1 spiro atoms. The van der Waals surface area contributed by atoms with E-state index < -0.39 is 15.6 Å². The molecule has 4 nitrogen and oxygen atoms in total. The first kappa shape index (κ1) is 12.6. The smallest absolute Gasteiger partial charge is 0.212 e. The molecule has 1 aliphatic heterocycles. The molecule has 0 saturated carbocycles. The van der Waals surface area contributed by atoms with Crippen molar-refractivity contribution in [2.24, 2.45) is 0 Å². The summed E-state index contributed by atoms with van der Waals surface area (Å²) in [6.45, 7) is 0.414. The third-order valence-corrected chi connectivity index (χ3v) is 5.21. The lowest BCUT2D eigenvalue weighted by molar-refractivity contribution is 0.0849. The first-order chi connectivity index (χ1) is 8.95. The zero-order valence-electron chi connectivity index (χ0n) is 10.7. The molecule has 1 atom stereocenters. The number of hydrogen-bond acceptors (Lipinski definition) is 3. The van der Waals surface area contributed by atoms with E-state index in [1.54, 1.807) is 12.1 Å². The highest BCUT2D eigenvalue weighted by atomic mass is 32.2. The maximum atomic E-state index is 12.7. The Labute approximate surface area is 112 Å². The zero-order valence-corrected chi connectivity index (χ0v) is 11.5. The minimum absolute atomic E-state index is 0.103. The zero-order chi connectivity index (χ0) is 13.7. The molecule has 0 amide bonds. The quantitative estimate of drug-likeness (QED) is 0.785. The Morgan fingerprint density at radius 1 is 1.26 bits per heavy atom. The van der Waals surface area contributed by atoms with E-state index in [4.69, 9.17) is 0 Å². The van der Waals surface area contributed by atoms with Crippen molar-refractivity contribution in [2.75, 3.05) is 12.8 Å². The van der Waals surface area contributed by atoms with E-state index in [1.165, 1.54) is 10.6 Å². The SMILES string of the molecule is CS(=O)(=O)N1CCC[C@]12C=Cc1ccccc1C2=O. The lowest BCUT2D eigenvalue weighted by atomic mass is 9.81. The summed E-state index contributed by atoms with van der Waals surface area (Å²) < 4.78 is 25.2. The molecule has 1 aliphatic carbocycles. The number of carbonyl (C=O) groups excluding carboxylic acids is 1. The van der Waals surface area contributed by atoms with Gasteiger partial charge in [-0.2, -0.15) is 4.31 Å². The van der Waals surface area contributed by atoms with Crippen LogP contribution in [-0.2, 0) is 10.0 Å². The van der Waals surface area contributed by atoms with Crippen molar-refractivity contribution < 1.29 is 13.2 Å². The summed E-state index contributed by atoms with van der Waals surface area (Å²) in [4.78, 5) is 12.7. The van der Waals surface area contributed by atoms with Gasteiger partial charge in [0.05, 0.1) is 6.26 Å². The van der Waals surface area contributed by atoms with Gasteiger partial charge in [-0.3, -0.25) is 4.79 Å². The number of Topliss-reactive ketones (excluding diaryl/α,β-unsaturated/α-hetero) is 1. The highest BCUT2D eigenvalue weighted by Crippen LogP contribution is 2.39. The molecular formula is C14H15NO3S. The molecule has 1 heterocycles. The molecule has 2 aliphatic rings. The van der Waals surface area contributed by atoms with Gasteiger partial charge in [0.25, 0.3) is 0 Å². The van der Waals surface area contributed by atoms with Gasteiger partial charge in [0.1, 0.15) is 5.54 Å². The number of rotatable bonds is 1. The van der Waals surface area contributed by atoms with Crippen molar-refractivity contribution in [2.45, 2.75) is 18.4 Å². The number of benzene rings is 1. The summed E-state index contributed by atoms with van der Waals surface area (Å²) in [6.07, 6.45) is 6.06. The van der Waals surface area contributed by atoms with Crippen LogP contribution in [0.25, 0.3) is 6.08 Å². The van der Waals surface area contributed by atoms with Crippen LogP contribution in [0.4, 0.5) is 0 Å². The molecule has 1 fully saturated rings. The van der Waals surface area contributed by atoms with E-state index in [2.05, 4.69) is 0 Å². The topological polar surface area (TPSA) is 54.5 Å². The fraction of sp³-hybridized carbons (Fsp3) is 0.357. The fourth-order valence-corrected chi connectivity index (χ4v) is 4.34. The molecule has 1 saturated heterocycles. The van der Waals surface area contributed by atoms with Gasteiger partial charge in [0.15, 0.2) is 5.78 Å². The lowest BCUT2D eigenvalue weighted by Crippen LogP contribution is -2.52. The Morgan fingerprint density at radius 3 is 2.74 bits per heavy atom. The maximum absolute atomic E-state index is 12.7. The summed E-state index contributed by atoms with van der Waals surface area (Å²) in [5, 5.41) is 0. The normalized spacial score (nSPS) is 26.9. The third-order valence-electron chi connectivity index (χ3n) is 3.90. The van der Waals surface area contributed by atoms with Gasteiger partial charge in [-0.1, -0.05) is 36.4 Å². The second-order valence-electron chi connectivity index (χ2n) is 5.11. The minimum Gasteiger partial charge on any atom is -0.292 e. The van der Waals surface area contributed by atoms with Crippen LogP contribution in [0.5, 0.6) is 0 Å². The van der Waals surface area contributed by atoms with Crippen molar-refractivity contribution in [1.29, 1.82) is 0 Å². The van der Waals surface area contributed by atoms with Crippen LogP contribution < -0.4 is 0 Å². The van der Waals surface area contributed by atoms with Crippen molar-refractivity contribution in [3.8, 4) is 0 Å². The van der Waals surface area contributed by atoms with Crippen LogP contribution in [0.1, 0.15) is 28.8 Å². The summed E-state index contributed by atoms with van der Waals surface area (Å²) in [5.41, 5.74) is 0.473. The monoisotopic (exact) mass is 277 g/mol. The van der Waals surface area contributed by atoms with E-state index >= 15 is 0 Å². The van der Waals surface area contributed by atoms with Crippen LogP contribution >= 0.6 is 0 Å². The van der Waals surface area contributed by atoms with Gasteiger partial charge in [0, 0.05) is 12.1 Å². The van der Waals surface area contributed by atoms with Crippen molar-refractivity contribution in [1.82, 2.24) is 4.31 Å². The average Bonchev–Trinajstić information content (AvgIpc) is 2.79. The number of fused-ring (bicyclic) bond motifs is 1. The Bertz CT molecular complexity index is 678. The molecule has 19 heavy (non-hydrogen) atoms. The van der Waals surface area contributed by atoms with Crippen LogP contribution in [0, 0.1) is 0 Å². The van der Waals surface area contributed by atoms with E-state index in [1.807, 2.05) is 24.3 Å². The Morgan fingerprint density at radius 2 is 2.00 bits per heavy atom. The summed E-state index contributed by atoms with van der Waals surface area (Å²) in [5.74, 6) is -0.103. The molecule has 100 valence electrons. The van der Waals surface area contributed by atoms with Crippen LogP contribution in [0.2, 0.25) is 0 Å². The van der Waals surface area contributed by atoms with Gasteiger partial charge in [0.2, 0.25) is 10.0 Å². The van der Waals surface area contributed by atoms with E-state index in [0.29, 0.717) is 24.9 Å². The third kappa shape index (κ3) is 1.76. The molecule has 0 bridgehead atoms. The van der Waals surface area contributed by atoms with Gasteiger partial charge in [-0.15, -0.1) is 0 Å². The molecular weight excluding hydrogens is 262 g/mol. The second kappa shape index (κ2) is 4.02. The van der Waals surface area contributed by atoms with Crippen molar-refractivity contribution >= 4 is 21.9 Å². The highest BCUT2D eigenvalue weighted by Gasteiger charge is 2.51. The van der Waals surface area contributed by atoms with E-state index in [-0.39, 0.29) is 5.78 Å². The number of hydrogen-bond donors (Lipinski definition) is 0. The Hall–Kier alpha value is -1.46. The van der Waals surface area contributed by atoms with Crippen LogP contribution in [-0.4, -0.2) is 36.8 Å². The fourth-order valence-electron chi connectivity index (χ4n) is 3.06. The van der Waals surface area contributed by atoms with Gasteiger partial charge < -0.3 is 0 Å².